The van der Waals surface area contributed by atoms with Crippen molar-refractivity contribution in [1.82, 2.24) is 15.3 Å². The number of hydrogen-bond acceptors (Lipinski definition) is 4. The molecule has 2 rings (SSSR count). The molecule has 1 saturated heterocycles. The van der Waals surface area contributed by atoms with Crippen LogP contribution in [0.1, 0.15) is 24.5 Å². The molecule has 0 aliphatic carbocycles. The van der Waals surface area contributed by atoms with Crippen LogP contribution in [0.25, 0.3) is 0 Å². The zero-order chi connectivity index (χ0) is 9.80. The van der Waals surface area contributed by atoms with E-state index in [9.17, 15) is 5.11 Å². The van der Waals surface area contributed by atoms with Crippen molar-refractivity contribution in [3.05, 3.63) is 24.3 Å². The minimum Gasteiger partial charge on any atom is -0.388 e. The van der Waals surface area contributed by atoms with Gasteiger partial charge in [-0.1, -0.05) is 0 Å². The van der Waals surface area contributed by atoms with E-state index in [0.29, 0.717) is 5.92 Å². The smallest absolute Gasteiger partial charge is 0.115 e. The fourth-order valence-electron chi connectivity index (χ4n) is 1.90. The maximum absolute atomic E-state index is 10.0. The number of aliphatic hydroxyl groups excluding tert-OH is 1. The highest BCUT2D eigenvalue weighted by Crippen LogP contribution is 2.27. The van der Waals surface area contributed by atoms with Crippen LogP contribution in [0.15, 0.2) is 18.7 Å². The van der Waals surface area contributed by atoms with Gasteiger partial charge in [0.2, 0.25) is 0 Å². The predicted molar refractivity (Wildman–Crippen MR) is 52.6 cm³/mol. The van der Waals surface area contributed by atoms with E-state index in [1.54, 1.807) is 12.4 Å². The summed E-state index contributed by atoms with van der Waals surface area (Å²) >= 11 is 0. The van der Waals surface area contributed by atoms with E-state index >= 15 is 0 Å². The van der Waals surface area contributed by atoms with E-state index in [4.69, 9.17) is 0 Å². The molecule has 1 aromatic rings. The fraction of sp³-hybridized carbons (Fsp3) is 0.600. The molecular weight excluding hydrogens is 178 g/mol. The topological polar surface area (TPSA) is 58.0 Å². The fourth-order valence-corrected chi connectivity index (χ4v) is 1.90. The van der Waals surface area contributed by atoms with Crippen LogP contribution in [0.3, 0.4) is 0 Å². The Labute approximate surface area is 83.4 Å². The van der Waals surface area contributed by atoms with Crippen LogP contribution in [0.5, 0.6) is 0 Å². The molecule has 0 saturated carbocycles. The van der Waals surface area contributed by atoms with Gasteiger partial charge in [-0.05, 0) is 31.8 Å². The zero-order valence-corrected chi connectivity index (χ0v) is 8.06. The van der Waals surface area contributed by atoms with E-state index in [-0.39, 0.29) is 0 Å². The predicted octanol–water partition coefficient (Wildman–Crippen LogP) is 0.510. The Morgan fingerprint density at radius 3 is 2.57 bits per heavy atom. The Kier molecular flexibility index (Phi) is 3.06. The van der Waals surface area contributed by atoms with Crippen molar-refractivity contribution in [2.24, 2.45) is 5.92 Å². The lowest BCUT2D eigenvalue weighted by Gasteiger charge is -2.26. The van der Waals surface area contributed by atoms with Gasteiger partial charge in [0.25, 0.3) is 0 Å². The first-order chi connectivity index (χ1) is 6.88. The molecule has 1 fully saturated rings. The Morgan fingerprint density at radius 2 is 1.93 bits per heavy atom. The molecule has 2 N–H and O–H groups in total. The second-order valence-electron chi connectivity index (χ2n) is 3.70. The van der Waals surface area contributed by atoms with Gasteiger partial charge in [0.05, 0.1) is 6.10 Å². The molecule has 1 aliphatic rings. The first-order valence-electron chi connectivity index (χ1n) is 5.01. The lowest BCUT2D eigenvalue weighted by molar-refractivity contribution is 0.0883. The second kappa shape index (κ2) is 4.48. The molecule has 14 heavy (non-hydrogen) atoms. The third-order valence-corrected chi connectivity index (χ3v) is 2.75. The van der Waals surface area contributed by atoms with E-state index in [0.717, 1.165) is 31.5 Å². The summed E-state index contributed by atoms with van der Waals surface area (Å²) in [5, 5.41) is 13.3. The van der Waals surface area contributed by atoms with Gasteiger partial charge < -0.3 is 10.4 Å². The summed E-state index contributed by atoms with van der Waals surface area (Å²) in [7, 11) is 0. The lowest BCUT2D eigenvalue weighted by atomic mass is 9.89. The molecule has 1 aliphatic heterocycles. The highest BCUT2D eigenvalue weighted by Gasteiger charge is 2.22. The van der Waals surface area contributed by atoms with Crippen molar-refractivity contribution >= 4 is 0 Å². The number of rotatable bonds is 2. The van der Waals surface area contributed by atoms with Gasteiger partial charge in [-0.2, -0.15) is 0 Å². The maximum atomic E-state index is 10.0. The molecule has 0 amide bonds. The van der Waals surface area contributed by atoms with Crippen LogP contribution >= 0.6 is 0 Å². The second-order valence-corrected chi connectivity index (χ2v) is 3.70. The average molecular weight is 193 g/mol. The molecule has 1 unspecified atom stereocenters. The summed E-state index contributed by atoms with van der Waals surface area (Å²) < 4.78 is 0. The summed E-state index contributed by atoms with van der Waals surface area (Å²) in [6.07, 6.45) is 6.52. The van der Waals surface area contributed by atoms with E-state index in [1.807, 2.05) is 0 Å². The van der Waals surface area contributed by atoms with Crippen LogP contribution < -0.4 is 5.32 Å². The van der Waals surface area contributed by atoms with Gasteiger partial charge in [-0.3, -0.25) is 0 Å². The number of aliphatic hydroxyl groups is 1. The van der Waals surface area contributed by atoms with Crippen molar-refractivity contribution in [3.8, 4) is 0 Å². The van der Waals surface area contributed by atoms with Crippen LogP contribution in [0, 0.1) is 5.92 Å². The molecule has 0 aromatic carbocycles. The third-order valence-electron chi connectivity index (χ3n) is 2.75. The van der Waals surface area contributed by atoms with E-state index in [1.165, 1.54) is 6.33 Å². The van der Waals surface area contributed by atoms with Crippen LogP contribution in [0.2, 0.25) is 0 Å². The molecular formula is C10H15N3O. The Hall–Kier alpha value is -1.00. The van der Waals surface area contributed by atoms with Crippen molar-refractivity contribution in [2.75, 3.05) is 13.1 Å². The standard InChI is InChI=1S/C10H15N3O/c14-10(8-1-3-11-4-2-8)9-5-12-7-13-6-9/h5-8,10-11,14H,1-4H2. The number of nitrogens with zero attached hydrogens (tertiary/aromatic N) is 2. The van der Waals surface area contributed by atoms with Gasteiger partial charge >= 0.3 is 0 Å². The number of aromatic nitrogens is 2. The molecule has 2 heterocycles. The quantitative estimate of drug-likeness (QED) is 0.718. The minimum absolute atomic E-state index is 0.349. The Bertz CT molecular complexity index is 272. The van der Waals surface area contributed by atoms with Gasteiger partial charge in [-0.25, -0.2) is 9.97 Å². The van der Waals surface area contributed by atoms with Crippen molar-refractivity contribution in [2.45, 2.75) is 18.9 Å². The Morgan fingerprint density at radius 1 is 1.29 bits per heavy atom. The summed E-state index contributed by atoms with van der Waals surface area (Å²) in [6, 6.07) is 0. The normalized spacial score (nSPS) is 20.6. The van der Waals surface area contributed by atoms with Gasteiger partial charge in [0.1, 0.15) is 6.33 Å². The van der Waals surface area contributed by atoms with Crippen molar-refractivity contribution < 1.29 is 5.11 Å². The van der Waals surface area contributed by atoms with Gasteiger partial charge in [-0.15, -0.1) is 0 Å². The average Bonchev–Trinajstić information content (AvgIpc) is 2.30. The number of nitrogens with one attached hydrogen (secondary N) is 1. The minimum atomic E-state index is -0.404. The summed E-state index contributed by atoms with van der Waals surface area (Å²) in [5.74, 6) is 0.349. The monoisotopic (exact) mass is 193 g/mol. The largest absolute Gasteiger partial charge is 0.388 e. The molecule has 4 heteroatoms. The van der Waals surface area contributed by atoms with Crippen LogP contribution in [-0.2, 0) is 0 Å². The molecule has 76 valence electrons. The third kappa shape index (κ3) is 2.08. The highest BCUT2D eigenvalue weighted by molar-refractivity contribution is 5.08. The molecule has 0 radical (unpaired) electrons. The first kappa shape index (κ1) is 9.55. The van der Waals surface area contributed by atoms with Crippen LogP contribution in [-0.4, -0.2) is 28.2 Å². The van der Waals surface area contributed by atoms with E-state index in [2.05, 4.69) is 15.3 Å². The number of piperidine rings is 1. The lowest BCUT2D eigenvalue weighted by Crippen LogP contribution is -2.30. The van der Waals surface area contributed by atoms with E-state index < -0.39 is 6.10 Å². The van der Waals surface area contributed by atoms with Crippen molar-refractivity contribution in [3.63, 3.8) is 0 Å². The molecule has 1 atom stereocenters. The molecule has 0 bridgehead atoms. The summed E-state index contributed by atoms with van der Waals surface area (Å²) in [4.78, 5) is 7.83. The molecule has 4 nitrogen and oxygen atoms in total. The van der Waals surface area contributed by atoms with Gasteiger partial charge in [0, 0.05) is 18.0 Å². The Balaban J connectivity index is 2.03. The molecule has 0 spiro atoms. The van der Waals surface area contributed by atoms with Crippen molar-refractivity contribution in [1.29, 1.82) is 0 Å². The first-order valence-corrected chi connectivity index (χ1v) is 5.01. The maximum Gasteiger partial charge on any atom is 0.115 e. The molecule has 1 aromatic heterocycles. The van der Waals surface area contributed by atoms with Gasteiger partial charge in [0.15, 0.2) is 0 Å². The highest BCUT2D eigenvalue weighted by atomic mass is 16.3. The SMILES string of the molecule is OC(c1cncnc1)C1CCNCC1. The summed E-state index contributed by atoms with van der Waals surface area (Å²) in [5.41, 5.74) is 0.833. The summed E-state index contributed by atoms with van der Waals surface area (Å²) in [6.45, 7) is 1.99. The van der Waals surface area contributed by atoms with Crippen LogP contribution in [0.4, 0.5) is 0 Å². The zero-order valence-electron chi connectivity index (χ0n) is 8.06. The number of hydrogen-bond donors (Lipinski definition) is 2.